The molecule has 306 valence electrons. The number of alkyl halides is 2. The van der Waals surface area contributed by atoms with E-state index in [4.69, 9.17) is 44.9 Å². The maximum absolute atomic E-state index is 12.4. The average Bonchev–Trinajstić information content (AvgIpc) is 3.24. The van der Waals surface area contributed by atoms with Crippen LogP contribution in [-0.4, -0.2) is 70.5 Å². The van der Waals surface area contributed by atoms with Gasteiger partial charge in [0.2, 0.25) is 5.91 Å². The molecule has 2 fully saturated rings. The van der Waals surface area contributed by atoms with Crippen LogP contribution in [-0.2, 0) is 32.3 Å². The molecule has 2 atom stereocenters. The number of carboxylic acid groups (broad SMARTS) is 1. The van der Waals surface area contributed by atoms with Crippen molar-refractivity contribution in [3.63, 3.8) is 0 Å². The number of ether oxygens (including phenoxy) is 2. The number of hydrogen-bond donors (Lipinski definition) is 3. The first kappa shape index (κ1) is 47.5. The van der Waals surface area contributed by atoms with Gasteiger partial charge >= 0.3 is 18.2 Å². The van der Waals surface area contributed by atoms with Crippen LogP contribution in [0.5, 0.6) is 0 Å². The van der Waals surface area contributed by atoms with E-state index in [0.29, 0.717) is 32.5 Å². The topological polar surface area (TPSA) is 152 Å². The molecule has 2 heterocycles. The summed E-state index contributed by atoms with van der Waals surface area (Å²) in [6.07, 6.45) is 7.87. The van der Waals surface area contributed by atoms with Gasteiger partial charge in [-0.05, 0) is 61.1 Å². The highest BCUT2D eigenvalue weighted by molar-refractivity contribution is 6.40. The van der Waals surface area contributed by atoms with E-state index in [1.165, 1.54) is 11.3 Å². The summed E-state index contributed by atoms with van der Waals surface area (Å²) >= 11 is 9.53. The number of anilines is 2. The Bertz CT molecular complexity index is 1770. The second-order valence-corrected chi connectivity index (χ2v) is 13.2. The van der Waals surface area contributed by atoms with Crippen LogP contribution in [0.25, 0.3) is 0 Å². The van der Waals surface area contributed by atoms with E-state index in [9.17, 15) is 19.2 Å². The van der Waals surface area contributed by atoms with E-state index in [-0.39, 0.29) is 50.4 Å². The summed E-state index contributed by atoms with van der Waals surface area (Å²) in [5.74, 6) is -1.58. The summed E-state index contributed by atoms with van der Waals surface area (Å²) in [6, 6.07) is 37.8. The van der Waals surface area contributed by atoms with Gasteiger partial charge < -0.3 is 35.4 Å². The van der Waals surface area contributed by atoms with Crippen LogP contribution in [0.3, 0.4) is 0 Å². The lowest BCUT2D eigenvalue weighted by atomic mass is 9.97. The number of carbonyl (C=O) groups is 4. The number of para-hydroxylation sites is 2. The summed E-state index contributed by atoms with van der Waals surface area (Å²) in [5.41, 5.74) is 8.82. The van der Waals surface area contributed by atoms with E-state index >= 15 is 0 Å². The number of carboxylic acids is 1. The fourth-order valence-corrected chi connectivity index (χ4v) is 5.54. The molecule has 0 bridgehead atoms. The Morgan fingerprint density at radius 2 is 1.09 bits per heavy atom. The first-order chi connectivity index (χ1) is 27.6. The van der Waals surface area contributed by atoms with Gasteiger partial charge in [0.25, 0.3) is 0 Å². The number of benzene rings is 4. The summed E-state index contributed by atoms with van der Waals surface area (Å²) in [4.78, 5) is 50.6. The Hall–Kier alpha value is -5.70. The smallest absolute Gasteiger partial charge is 0.410 e. The molecule has 57 heavy (non-hydrogen) atoms. The molecule has 0 saturated carbocycles. The molecule has 2 saturated heterocycles. The second-order valence-electron chi connectivity index (χ2n) is 12.4. The summed E-state index contributed by atoms with van der Waals surface area (Å²) in [5, 5.41) is 12.1. The number of amides is 3. The number of nitrogens with one attached hydrogen (secondary N) is 1. The normalized spacial score (nSPS) is 15.3. The minimum Gasteiger partial charge on any atom is -0.481 e. The number of likely N-dealkylation sites (tertiary alicyclic amines) is 2. The first-order valence-electron chi connectivity index (χ1n) is 18.4. The Balaban J connectivity index is 0.000000447. The lowest BCUT2D eigenvalue weighted by molar-refractivity contribution is -0.143. The van der Waals surface area contributed by atoms with E-state index in [1.54, 1.807) is 4.90 Å². The summed E-state index contributed by atoms with van der Waals surface area (Å²) in [7, 11) is 0. The number of piperidine rings is 2. The van der Waals surface area contributed by atoms with Crippen LogP contribution in [0, 0.1) is 24.7 Å². The number of aliphatic carboxylic acids is 1. The Morgan fingerprint density at radius 3 is 1.47 bits per heavy atom. The number of nitrogens with zero attached hydrogens (tertiary/aromatic N) is 2. The lowest BCUT2D eigenvalue weighted by Gasteiger charge is -2.31. The molecule has 11 nitrogen and oxygen atoms in total. The molecule has 2 aliphatic heterocycles. The maximum Gasteiger partial charge on any atom is 0.410 e. The number of halogens is 2. The van der Waals surface area contributed by atoms with Gasteiger partial charge in [0.1, 0.15) is 14.6 Å². The van der Waals surface area contributed by atoms with Gasteiger partial charge in [0.05, 0.1) is 17.2 Å². The summed E-state index contributed by atoms with van der Waals surface area (Å²) < 4.78 is 16.3. The molecule has 4 aromatic carbocycles. The highest BCUT2D eigenvalue weighted by Gasteiger charge is 2.30. The monoisotopic (exact) mass is 821 g/mol. The Morgan fingerprint density at radius 1 is 0.719 bits per heavy atom. The van der Waals surface area contributed by atoms with Crippen molar-refractivity contribution < 1.29 is 35.1 Å². The van der Waals surface area contributed by atoms with Crippen LogP contribution < -0.4 is 11.1 Å². The number of hydrogen-bond acceptors (Lipinski definition) is 7. The van der Waals surface area contributed by atoms with Crippen LogP contribution in [0.2, 0.25) is 0 Å². The van der Waals surface area contributed by atoms with Crippen molar-refractivity contribution in [2.24, 2.45) is 11.8 Å². The predicted molar refractivity (Wildman–Crippen MR) is 229 cm³/mol. The van der Waals surface area contributed by atoms with Gasteiger partial charge in [0.15, 0.2) is 0 Å². The molecular weight excluding hydrogens is 767 g/mol. The zero-order valence-electron chi connectivity index (χ0n) is 32.2. The molecule has 0 unspecified atom stereocenters. The van der Waals surface area contributed by atoms with Gasteiger partial charge in [-0.25, -0.2) is 9.59 Å². The molecule has 0 aromatic heterocycles. The Kier molecular flexibility index (Phi) is 24.6. The van der Waals surface area contributed by atoms with Crippen molar-refractivity contribution in [1.82, 2.24) is 9.80 Å². The fraction of sp³-hybridized carbons (Fsp3) is 0.318. The minimum absolute atomic E-state index is 0. The quantitative estimate of drug-likeness (QED) is 0.0948. The van der Waals surface area contributed by atoms with E-state index in [1.807, 2.05) is 121 Å². The van der Waals surface area contributed by atoms with Gasteiger partial charge in [0, 0.05) is 37.6 Å². The van der Waals surface area contributed by atoms with Crippen molar-refractivity contribution in [2.75, 3.05) is 42.6 Å². The molecule has 6 rings (SSSR count). The van der Waals surface area contributed by atoms with Crippen molar-refractivity contribution in [3.8, 4) is 12.8 Å². The van der Waals surface area contributed by atoms with Gasteiger partial charge in [-0.2, -0.15) is 0 Å². The first-order valence-corrected chi connectivity index (χ1v) is 19.0. The zero-order valence-corrected chi connectivity index (χ0v) is 32.7. The maximum atomic E-state index is 12.4. The van der Waals surface area contributed by atoms with Gasteiger partial charge in [-0.15, -0.1) is 36.0 Å². The predicted octanol–water partition coefficient (Wildman–Crippen LogP) is 9.37. The average molecular weight is 823 g/mol. The molecule has 0 radical (unpaired) electrons. The number of rotatable bonds is 7. The highest BCUT2D eigenvalue weighted by Crippen LogP contribution is 2.20. The number of terminal acetylenes is 1. The largest absolute Gasteiger partial charge is 0.481 e. The third-order valence-corrected chi connectivity index (χ3v) is 8.33. The fourth-order valence-electron chi connectivity index (χ4n) is 5.54. The molecular formula is C44H54Cl2N4O7. The highest BCUT2D eigenvalue weighted by atomic mass is 35.5. The number of carbonyl (C=O) groups excluding carboxylic acids is 3. The van der Waals surface area contributed by atoms with Crippen molar-refractivity contribution in [2.45, 2.75) is 46.3 Å². The zero-order chi connectivity index (χ0) is 41.7. The SMILES string of the molecule is C.ClCCl.Nc1ccccc1.O=C(Nc1ccccc1)[C@H]1CCCN(C(=O)OCc2ccccc2)C1.O=C(O)[C@H]1CCCN(C(=O)OCc2ccccc2)C1.[2H]C#C. The molecule has 3 amide bonds. The van der Waals surface area contributed by atoms with Crippen LogP contribution in [0.4, 0.5) is 21.0 Å². The Labute approximate surface area is 348 Å². The lowest BCUT2D eigenvalue weighted by Crippen LogP contribution is -2.43. The second kappa shape index (κ2) is 29.6. The van der Waals surface area contributed by atoms with E-state index < -0.39 is 18.0 Å². The molecule has 0 spiro atoms. The van der Waals surface area contributed by atoms with Crippen LogP contribution in [0.15, 0.2) is 121 Å². The number of nitrogen functional groups attached to an aromatic ring is 1. The third kappa shape index (κ3) is 20.2. The van der Waals surface area contributed by atoms with Crippen LogP contribution >= 0.6 is 23.2 Å². The van der Waals surface area contributed by atoms with Gasteiger partial charge in [-0.1, -0.05) is 104 Å². The third-order valence-electron chi connectivity index (χ3n) is 8.33. The van der Waals surface area contributed by atoms with Crippen molar-refractivity contribution >= 4 is 58.6 Å². The minimum atomic E-state index is -0.847. The van der Waals surface area contributed by atoms with Gasteiger partial charge in [-0.3, -0.25) is 9.59 Å². The van der Waals surface area contributed by atoms with Crippen LogP contribution in [0.1, 0.15) is 45.6 Å². The number of nitrogens with two attached hydrogens (primary N) is 1. The van der Waals surface area contributed by atoms with E-state index in [0.717, 1.165) is 35.3 Å². The molecule has 0 aliphatic carbocycles. The van der Waals surface area contributed by atoms with Crippen molar-refractivity contribution in [1.29, 1.82) is 0 Å². The van der Waals surface area contributed by atoms with Crippen molar-refractivity contribution in [3.05, 3.63) is 132 Å². The molecule has 2 aliphatic rings. The molecule has 4 N–H and O–H groups in total. The molecule has 4 aromatic rings. The molecule has 13 heteroatoms. The standard InChI is InChI=1S/C20H22N2O3.C14H17NO4.C6H7N.C2H2.CH2Cl2.CH4/c23-19(21-18-11-5-2-6-12-18)17-10-7-13-22(14-17)20(24)25-15-16-8-3-1-4-9-16;16-13(17)12-7-4-8-15(9-12)14(18)19-10-11-5-2-1-3-6-11;7-6-4-2-1-3-5-6;1-2;2-1-3;/h1-6,8-9,11-12,17H,7,10,13-15H2,(H,21,23);1-3,5-6,12H,4,7-10H2,(H,16,17);1-5H,7H2;1-2H;1H2;1H4/t17-;12-;;;;/m00..../s1/i;;;1D;;. The summed E-state index contributed by atoms with van der Waals surface area (Å²) in [6.45, 7) is 2.29. The van der Waals surface area contributed by atoms with E-state index in [2.05, 4.69) is 11.7 Å².